The first-order chi connectivity index (χ1) is 17.4. The van der Waals surface area contributed by atoms with Gasteiger partial charge in [0.15, 0.2) is 11.5 Å². The molecule has 0 radical (unpaired) electrons. The molecule has 0 aliphatic heterocycles. The number of methoxy groups -OCH3 is 2. The van der Waals surface area contributed by atoms with Gasteiger partial charge in [0.2, 0.25) is 0 Å². The number of rotatable bonds is 7. The average molecular weight is 502 g/mol. The lowest BCUT2D eigenvalue weighted by molar-refractivity contribution is 0.355. The maximum absolute atomic E-state index is 13.2. The lowest BCUT2D eigenvalue weighted by Gasteiger charge is -2.15. The fourth-order valence-corrected chi connectivity index (χ4v) is 5.30. The Morgan fingerprint density at radius 2 is 1.61 bits per heavy atom. The minimum absolute atomic E-state index is 0.188. The van der Waals surface area contributed by atoms with Crippen molar-refractivity contribution in [2.75, 3.05) is 18.9 Å². The van der Waals surface area contributed by atoms with Gasteiger partial charge in [-0.3, -0.25) is 14.7 Å². The molecular weight excluding hydrogens is 478 g/mol. The van der Waals surface area contributed by atoms with Gasteiger partial charge in [0, 0.05) is 46.5 Å². The van der Waals surface area contributed by atoms with E-state index in [1.54, 1.807) is 81.3 Å². The van der Waals surface area contributed by atoms with Crippen molar-refractivity contribution in [3.8, 4) is 23.0 Å². The molecule has 5 aromatic rings. The molecule has 8 nitrogen and oxygen atoms in total. The number of hydrogen-bond donors (Lipinski definition) is 1. The summed E-state index contributed by atoms with van der Waals surface area (Å²) in [6.45, 7) is 1.85. The monoisotopic (exact) mass is 501 g/mol. The summed E-state index contributed by atoms with van der Waals surface area (Å²) in [7, 11) is -0.685. The van der Waals surface area contributed by atoms with Gasteiger partial charge in [0.25, 0.3) is 10.0 Å². The Hall–Kier alpha value is -4.37. The van der Waals surface area contributed by atoms with Crippen LogP contribution in [-0.2, 0) is 10.0 Å². The molecule has 2 heterocycles. The third-order valence-electron chi connectivity index (χ3n) is 5.78. The average Bonchev–Trinajstić information content (AvgIpc) is 2.89. The Balaban J connectivity index is 1.44. The number of aryl methyl sites for hydroxylation is 1. The van der Waals surface area contributed by atoms with Crippen LogP contribution in [-0.4, -0.2) is 32.6 Å². The zero-order valence-corrected chi connectivity index (χ0v) is 20.7. The summed E-state index contributed by atoms with van der Waals surface area (Å²) >= 11 is 0. The molecule has 36 heavy (non-hydrogen) atoms. The Kier molecular flexibility index (Phi) is 6.07. The van der Waals surface area contributed by atoms with Gasteiger partial charge in [-0.1, -0.05) is 12.1 Å². The van der Waals surface area contributed by atoms with Gasteiger partial charge < -0.3 is 14.2 Å². The number of ether oxygens (including phenoxy) is 3. The molecule has 0 amide bonds. The van der Waals surface area contributed by atoms with Crippen molar-refractivity contribution in [1.82, 2.24) is 9.97 Å². The van der Waals surface area contributed by atoms with Crippen molar-refractivity contribution in [3.05, 3.63) is 84.8 Å². The number of pyridine rings is 2. The second-order valence-electron chi connectivity index (χ2n) is 8.07. The summed E-state index contributed by atoms with van der Waals surface area (Å²) in [5.41, 5.74) is 1.87. The molecule has 0 spiro atoms. The van der Waals surface area contributed by atoms with E-state index in [2.05, 4.69) is 14.7 Å². The van der Waals surface area contributed by atoms with Crippen molar-refractivity contribution in [1.29, 1.82) is 0 Å². The number of nitrogens with one attached hydrogen (secondary N) is 1. The van der Waals surface area contributed by atoms with Crippen LogP contribution in [0.3, 0.4) is 0 Å². The van der Waals surface area contributed by atoms with Crippen LogP contribution in [0.4, 0.5) is 5.69 Å². The van der Waals surface area contributed by atoms with Gasteiger partial charge in [0.1, 0.15) is 11.5 Å². The third-order valence-corrected chi connectivity index (χ3v) is 7.22. The van der Waals surface area contributed by atoms with Crippen LogP contribution in [0.15, 0.2) is 84.1 Å². The molecule has 182 valence electrons. The molecule has 0 bridgehead atoms. The Morgan fingerprint density at radius 1 is 0.806 bits per heavy atom. The summed E-state index contributed by atoms with van der Waals surface area (Å²) in [5, 5.41) is 2.11. The molecule has 2 aromatic heterocycles. The fourth-order valence-electron chi connectivity index (χ4n) is 4.02. The Bertz CT molecular complexity index is 1700. The molecule has 0 saturated carbocycles. The first-order valence-electron chi connectivity index (χ1n) is 11.0. The van der Waals surface area contributed by atoms with Crippen LogP contribution in [0.5, 0.6) is 23.0 Å². The summed E-state index contributed by atoms with van der Waals surface area (Å²) < 4.78 is 46.0. The maximum Gasteiger partial charge on any atom is 0.262 e. The minimum Gasteiger partial charge on any atom is -0.493 e. The largest absolute Gasteiger partial charge is 0.493 e. The number of fused-ring (bicyclic) bond motifs is 2. The van der Waals surface area contributed by atoms with Gasteiger partial charge in [-0.25, -0.2) is 8.42 Å². The van der Waals surface area contributed by atoms with Gasteiger partial charge >= 0.3 is 0 Å². The van der Waals surface area contributed by atoms with Crippen molar-refractivity contribution < 1.29 is 22.6 Å². The van der Waals surface area contributed by atoms with Crippen LogP contribution in [0.25, 0.3) is 21.7 Å². The van der Waals surface area contributed by atoms with E-state index in [-0.39, 0.29) is 4.90 Å². The highest BCUT2D eigenvalue weighted by atomic mass is 32.2. The quantitative estimate of drug-likeness (QED) is 0.305. The summed E-state index contributed by atoms with van der Waals surface area (Å²) in [4.78, 5) is 8.65. The summed E-state index contributed by atoms with van der Waals surface area (Å²) in [6, 6.07) is 17.3. The summed E-state index contributed by atoms with van der Waals surface area (Å²) in [6.07, 6.45) is 4.87. The lowest BCUT2D eigenvalue weighted by Crippen LogP contribution is -2.13. The molecule has 0 aliphatic rings. The van der Waals surface area contributed by atoms with Crippen LogP contribution >= 0.6 is 0 Å². The number of aromatic nitrogens is 2. The van der Waals surface area contributed by atoms with Crippen LogP contribution in [0.1, 0.15) is 5.56 Å². The maximum atomic E-state index is 13.2. The van der Waals surface area contributed by atoms with Crippen LogP contribution in [0, 0.1) is 6.92 Å². The lowest BCUT2D eigenvalue weighted by atomic mass is 10.1. The summed E-state index contributed by atoms with van der Waals surface area (Å²) in [5.74, 6) is 2.30. The molecular formula is C27H23N3O5S. The first kappa shape index (κ1) is 23.4. The van der Waals surface area contributed by atoms with Gasteiger partial charge in [-0.15, -0.1) is 0 Å². The topological polar surface area (TPSA) is 99.6 Å². The van der Waals surface area contributed by atoms with Crippen molar-refractivity contribution in [2.45, 2.75) is 11.8 Å². The molecule has 0 unspecified atom stereocenters. The number of sulfonamides is 1. The Morgan fingerprint density at radius 3 is 2.39 bits per heavy atom. The van der Waals surface area contributed by atoms with Crippen LogP contribution < -0.4 is 18.9 Å². The van der Waals surface area contributed by atoms with Crippen molar-refractivity contribution in [3.63, 3.8) is 0 Å². The second kappa shape index (κ2) is 9.35. The van der Waals surface area contributed by atoms with Gasteiger partial charge in [-0.05, 0) is 55.0 Å². The van der Waals surface area contributed by atoms with E-state index in [4.69, 9.17) is 14.2 Å². The number of anilines is 1. The minimum atomic E-state index is -3.82. The second-order valence-corrected chi connectivity index (χ2v) is 9.73. The smallest absolute Gasteiger partial charge is 0.262 e. The molecule has 0 fully saturated rings. The van der Waals surface area contributed by atoms with E-state index < -0.39 is 10.0 Å². The molecule has 5 rings (SSSR count). The van der Waals surface area contributed by atoms with E-state index in [1.807, 2.05) is 19.1 Å². The zero-order valence-electron chi connectivity index (χ0n) is 19.8. The molecule has 0 atom stereocenters. The zero-order chi connectivity index (χ0) is 25.3. The molecule has 9 heteroatoms. The van der Waals surface area contributed by atoms with E-state index >= 15 is 0 Å². The van der Waals surface area contributed by atoms with Gasteiger partial charge in [0.05, 0.1) is 24.6 Å². The van der Waals surface area contributed by atoms with E-state index in [9.17, 15) is 8.42 Å². The highest BCUT2D eigenvalue weighted by Crippen LogP contribution is 2.38. The normalized spacial score (nSPS) is 11.4. The predicted octanol–water partition coefficient (Wildman–Crippen LogP) is 5.70. The standard InChI is InChI=1S/C27H23N3O5S/c1-17-13-19(30-36(31,32)27-6-4-5-18-16-28-11-9-20(18)27)7-8-23(17)35-24-10-12-29-22-15-26(34-3)25(33-2)14-21(22)24/h4-16,30H,1-3H3. The van der Waals surface area contributed by atoms with Crippen molar-refractivity contribution in [2.24, 2.45) is 0 Å². The number of benzene rings is 3. The molecule has 0 saturated heterocycles. The molecule has 1 N–H and O–H groups in total. The highest BCUT2D eigenvalue weighted by Gasteiger charge is 2.18. The number of nitrogens with zero attached hydrogens (tertiary/aromatic N) is 2. The third kappa shape index (κ3) is 4.36. The van der Waals surface area contributed by atoms with E-state index in [0.29, 0.717) is 39.6 Å². The molecule has 3 aromatic carbocycles. The van der Waals surface area contributed by atoms with E-state index in [0.717, 1.165) is 16.3 Å². The molecule has 0 aliphatic carbocycles. The van der Waals surface area contributed by atoms with Crippen molar-refractivity contribution >= 4 is 37.4 Å². The predicted molar refractivity (Wildman–Crippen MR) is 139 cm³/mol. The Labute approximate surface area is 208 Å². The fraction of sp³-hybridized carbons (Fsp3) is 0.111. The van der Waals surface area contributed by atoms with E-state index in [1.165, 1.54) is 0 Å². The first-order valence-corrected chi connectivity index (χ1v) is 12.5. The SMILES string of the molecule is COc1cc2nccc(Oc3ccc(NS(=O)(=O)c4cccc5cnccc45)cc3C)c2cc1OC. The number of hydrogen-bond acceptors (Lipinski definition) is 7. The van der Waals surface area contributed by atoms with Crippen LogP contribution in [0.2, 0.25) is 0 Å². The highest BCUT2D eigenvalue weighted by molar-refractivity contribution is 7.93. The van der Waals surface area contributed by atoms with Gasteiger partial charge in [-0.2, -0.15) is 0 Å².